The molecule has 1 atom stereocenters. The molecule has 4 rings (SSSR count). The number of ether oxygens (including phenoxy) is 3. The summed E-state index contributed by atoms with van der Waals surface area (Å²) in [7, 11) is 4.17. The maximum absolute atomic E-state index is 14.1. The van der Waals surface area contributed by atoms with Crippen LogP contribution in [0.15, 0.2) is 66.2 Å². The smallest absolute Gasteiger partial charge is 0.310 e. The van der Waals surface area contributed by atoms with E-state index in [1.807, 2.05) is 13.8 Å². The van der Waals surface area contributed by atoms with E-state index in [9.17, 15) is 19.5 Å². The number of carbonyl (C=O) groups excluding carboxylic acids is 3. The molecule has 0 aliphatic carbocycles. The second kappa shape index (κ2) is 10.6. The number of aliphatic hydroxyl groups is 1. The van der Waals surface area contributed by atoms with Gasteiger partial charge in [-0.2, -0.15) is 0 Å². The molecule has 3 N–H and O–H groups in total. The lowest BCUT2D eigenvalue weighted by Gasteiger charge is -2.36. The summed E-state index contributed by atoms with van der Waals surface area (Å²) >= 11 is 0. The third-order valence-electron chi connectivity index (χ3n) is 6.87. The number of nitrogen functional groups attached to an aromatic ring is 1. The van der Waals surface area contributed by atoms with Crippen LogP contribution < -0.4 is 20.1 Å². The van der Waals surface area contributed by atoms with Crippen molar-refractivity contribution in [3.05, 3.63) is 88.5 Å². The van der Waals surface area contributed by atoms with Crippen LogP contribution in [0.3, 0.4) is 0 Å². The van der Waals surface area contributed by atoms with Crippen LogP contribution in [0.4, 0.5) is 11.4 Å². The zero-order chi connectivity index (χ0) is 28.5. The van der Waals surface area contributed by atoms with E-state index in [0.29, 0.717) is 17.1 Å². The van der Waals surface area contributed by atoms with Crippen molar-refractivity contribution in [2.75, 3.05) is 32.0 Å². The molecule has 0 saturated heterocycles. The Morgan fingerprint density at radius 2 is 1.44 bits per heavy atom. The van der Waals surface area contributed by atoms with Gasteiger partial charge in [0.05, 0.1) is 44.0 Å². The fraction of sp³-hybridized carbons (Fsp3) is 0.233. The second-order valence-corrected chi connectivity index (χ2v) is 9.24. The van der Waals surface area contributed by atoms with Crippen LogP contribution in [-0.2, 0) is 14.3 Å². The third-order valence-corrected chi connectivity index (χ3v) is 6.87. The molecule has 3 aromatic carbocycles. The Hall–Kier alpha value is -4.63. The number of esters is 1. The number of benzene rings is 3. The van der Waals surface area contributed by atoms with Gasteiger partial charge in [-0.15, -0.1) is 0 Å². The van der Waals surface area contributed by atoms with Crippen LogP contribution in [0.5, 0.6) is 11.5 Å². The Balaban J connectivity index is 2.05. The first-order valence-electron chi connectivity index (χ1n) is 12.1. The number of hydrogen-bond donors (Lipinski definition) is 2. The van der Waals surface area contributed by atoms with Crippen LogP contribution >= 0.6 is 0 Å². The van der Waals surface area contributed by atoms with Gasteiger partial charge in [-0.05, 0) is 91.2 Å². The van der Waals surface area contributed by atoms with E-state index >= 15 is 0 Å². The molecule has 0 aromatic heterocycles. The standard InChI is InChI=1S/C30H30N2O7/c1-17-14-23(31)24(15-18(17)2)32-27(19-6-10-21(37-3)11-7-19)26(29(35)30(32,36)16-25(33)39-5)28(34)20-8-12-22(38-4)13-9-20/h6-15,36H,16,31H2,1-5H3. The Kier molecular flexibility index (Phi) is 7.47. The molecular weight excluding hydrogens is 500 g/mol. The highest BCUT2D eigenvalue weighted by atomic mass is 16.5. The Morgan fingerprint density at radius 3 is 1.97 bits per heavy atom. The van der Waals surface area contributed by atoms with E-state index in [-0.39, 0.29) is 28.2 Å². The predicted molar refractivity (Wildman–Crippen MR) is 147 cm³/mol. The van der Waals surface area contributed by atoms with E-state index < -0.39 is 29.7 Å². The van der Waals surface area contributed by atoms with Crippen molar-refractivity contribution < 1.29 is 33.7 Å². The maximum Gasteiger partial charge on any atom is 0.310 e. The molecular formula is C30H30N2O7. The van der Waals surface area contributed by atoms with Crippen molar-refractivity contribution in [2.24, 2.45) is 0 Å². The number of hydrogen-bond acceptors (Lipinski definition) is 9. The molecule has 1 aliphatic rings. The van der Waals surface area contributed by atoms with Gasteiger partial charge in [0.15, 0.2) is 5.78 Å². The topological polar surface area (TPSA) is 128 Å². The minimum absolute atomic E-state index is 0.102. The molecule has 3 aromatic rings. The van der Waals surface area contributed by atoms with Gasteiger partial charge in [0, 0.05) is 5.56 Å². The normalized spacial score (nSPS) is 16.9. The Morgan fingerprint density at radius 1 is 0.897 bits per heavy atom. The molecule has 0 spiro atoms. The van der Waals surface area contributed by atoms with Gasteiger partial charge >= 0.3 is 5.97 Å². The van der Waals surface area contributed by atoms with Crippen molar-refractivity contribution in [1.29, 1.82) is 0 Å². The Bertz CT molecular complexity index is 1480. The first-order chi connectivity index (χ1) is 18.5. The summed E-state index contributed by atoms with van der Waals surface area (Å²) in [5.41, 5.74) is 6.60. The molecule has 0 saturated carbocycles. The quantitative estimate of drug-likeness (QED) is 0.193. The number of carbonyl (C=O) groups is 3. The minimum atomic E-state index is -2.49. The number of anilines is 2. The van der Waals surface area contributed by atoms with Crippen molar-refractivity contribution in [1.82, 2.24) is 0 Å². The van der Waals surface area contributed by atoms with E-state index in [2.05, 4.69) is 0 Å². The molecule has 0 amide bonds. The van der Waals surface area contributed by atoms with Gasteiger partial charge in [-0.25, -0.2) is 0 Å². The number of Topliss-reactive ketones (excluding diaryl/α,β-unsaturated/α-hetero) is 2. The minimum Gasteiger partial charge on any atom is -0.497 e. The van der Waals surface area contributed by atoms with Crippen molar-refractivity contribution in [3.8, 4) is 11.5 Å². The maximum atomic E-state index is 14.1. The van der Waals surface area contributed by atoms with Crippen LogP contribution in [0, 0.1) is 13.8 Å². The molecule has 1 heterocycles. The van der Waals surface area contributed by atoms with Gasteiger partial charge < -0.3 is 30.0 Å². The number of aryl methyl sites for hydroxylation is 2. The molecule has 0 bridgehead atoms. The highest BCUT2D eigenvalue weighted by Gasteiger charge is 2.56. The van der Waals surface area contributed by atoms with Gasteiger partial charge in [0.25, 0.3) is 0 Å². The number of rotatable bonds is 8. The van der Waals surface area contributed by atoms with Crippen LogP contribution in [0.2, 0.25) is 0 Å². The zero-order valence-electron chi connectivity index (χ0n) is 22.4. The van der Waals surface area contributed by atoms with Gasteiger partial charge in [0.1, 0.15) is 17.9 Å². The summed E-state index contributed by atoms with van der Waals surface area (Å²) in [5, 5.41) is 12.0. The van der Waals surface area contributed by atoms with Crippen LogP contribution in [-0.4, -0.2) is 49.7 Å². The molecule has 0 fully saturated rings. The fourth-order valence-electron chi connectivity index (χ4n) is 4.60. The third kappa shape index (κ3) is 4.84. The molecule has 202 valence electrons. The lowest BCUT2D eigenvalue weighted by Crippen LogP contribution is -2.52. The first kappa shape index (κ1) is 27.4. The SMILES string of the molecule is COC(=O)CC1(O)C(=O)C(C(=O)c2ccc(OC)cc2)=C(c2ccc(OC)cc2)N1c1cc(C)c(C)cc1N. The summed E-state index contributed by atoms with van der Waals surface area (Å²) in [4.78, 5) is 41.9. The summed E-state index contributed by atoms with van der Waals surface area (Å²) in [6.07, 6.45) is -0.742. The van der Waals surface area contributed by atoms with Crippen LogP contribution in [0.1, 0.15) is 33.5 Å². The van der Waals surface area contributed by atoms with E-state index in [0.717, 1.165) is 18.2 Å². The molecule has 39 heavy (non-hydrogen) atoms. The summed E-state index contributed by atoms with van der Waals surface area (Å²) in [6.45, 7) is 3.74. The molecule has 1 aliphatic heterocycles. The van der Waals surface area contributed by atoms with Crippen molar-refractivity contribution in [3.63, 3.8) is 0 Å². The second-order valence-electron chi connectivity index (χ2n) is 9.24. The highest BCUT2D eigenvalue weighted by Crippen LogP contribution is 2.47. The Labute approximate surface area is 226 Å². The van der Waals surface area contributed by atoms with Crippen molar-refractivity contribution in [2.45, 2.75) is 26.0 Å². The molecule has 9 heteroatoms. The average Bonchev–Trinajstić information content (AvgIpc) is 3.16. The lowest BCUT2D eigenvalue weighted by atomic mass is 9.93. The highest BCUT2D eigenvalue weighted by molar-refractivity contribution is 6.37. The largest absolute Gasteiger partial charge is 0.497 e. The number of nitrogens with zero attached hydrogens (tertiary/aromatic N) is 1. The van der Waals surface area contributed by atoms with E-state index in [1.54, 1.807) is 48.5 Å². The van der Waals surface area contributed by atoms with Gasteiger partial charge in [0.2, 0.25) is 11.5 Å². The fourth-order valence-corrected chi connectivity index (χ4v) is 4.60. The number of ketones is 2. The lowest BCUT2D eigenvalue weighted by molar-refractivity contribution is -0.150. The summed E-state index contributed by atoms with van der Waals surface area (Å²) in [6, 6.07) is 16.3. The zero-order valence-corrected chi connectivity index (χ0v) is 22.4. The van der Waals surface area contributed by atoms with E-state index in [1.165, 1.54) is 31.3 Å². The molecule has 1 unspecified atom stereocenters. The van der Waals surface area contributed by atoms with Crippen molar-refractivity contribution >= 4 is 34.6 Å². The molecule has 9 nitrogen and oxygen atoms in total. The van der Waals surface area contributed by atoms with Gasteiger partial charge in [-0.1, -0.05) is 0 Å². The molecule has 0 radical (unpaired) electrons. The van der Waals surface area contributed by atoms with E-state index in [4.69, 9.17) is 19.9 Å². The van der Waals surface area contributed by atoms with Gasteiger partial charge in [-0.3, -0.25) is 14.4 Å². The summed E-state index contributed by atoms with van der Waals surface area (Å²) < 4.78 is 15.3. The predicted octanol–water partition coefficient (Wildman–Crippen LogP) is 3.84. The average molecular weight is 531 g/mol. The first-order valence-corrected chi connectivity index (χ1v) is 12.1. The summed E-state index contributed by atoms with van der Waals surface area (Å²) in [5.74, 6) is -1.35. The monoisotopic (exact) mass is 530 g/mol. The number of nitrogens with two attached hydrogens (primary N) is 1. The van der Waals surface area contributed by atoms with Crippen LogP contribution in [0.25, 0.3) is 5.70 Å². The number of methoxy groups -OCH3 is 3.